The summed E-state index contributed by atoms with van der Waals surface area (Å²) in [7, 11) is 0. The minimum absolute atomic E-state index is 0.0346. The van der Waals surface area contributed by atoms with Gasteiger partial charge in [-0.1, -0.05) is 70.4 Å². The van der Waals surface area contributed by atoms with Crippen molar-refractivity contribution in [1.82, 2.24) is 5.32 Å². The van der Waals surface area contributed by atoms with E-state index in [2.05, 4.69) is 31.3 Å². The van der Waals surface area contributed by atoms with Crippen LogP contribution in [0.15, 0.2) is 30.3 Å². The lowest BCUT2D eigenvalue weighted by molar-refractivity contribution is -0.123. The highest BCUT2D eigenvalue weighted by atomic mass is 16.2. The molecule has 3 nitrogen and oxygen atoms in total. The number of nitrogens with one attached hydrogen (secondary N) is 1. The van der Waals surface area contributed by atoms with Gasteiger partial charge in [-0.25, -0.2) is 0 Å². The molecule has 2 atom stereocenters. The lowest BCUT2D eigenvalue weighted by Gasteiger charge is -2.28. The quantitative estimate of drug-likeness (QED) is 0.764. The Morgan fingerprint density at radius 3 is 2.25 bits per heavy atom. The Kier molecular flexibility index (Phi) is 7.31. The van der Waals surface area contributed by atoms with Crippen molar-refractivity contribution in [2.24, 2.45) is 11.7 Å². The minimum atomic E-state index is -0.402. The first-order chi connectivity index (χ1) is 9.63. The second-order valence-electron chi connectivity index (χ2n) is 5.37. The molecular weight excluding hydrogens is 248 g/mol. The highest BCUT2D eigenvalue weighted by Crippen LogP contribution is 2.27. The average Bonchev–Trinajstić information content (AvgIpc) is 2.48. The molecule has 0 saturated heterocycles. The second kappa shape index (κ2) is 8.75. The summed E-state index contributed by atoms with van der Waals surface area (Å²) in [4.78, 5) is 12.2. The molecule has 3 heteroatoms. The molecule has 0 aliphatic rings. The van der Waals surface area contributed by atoms with E-state index in [1.54, 1.807) is 0 Å². The third-order valence-corrected chi connectivity index (χ3v) is 3.91. The number of benzene rings is 1. The van der Waals surface area contributed by atoms with E-state index in [-0.39, 0.29) is 11.9 Å². The predicted octanol–water partition coefficient (Wildman–Crippen LogP) is 3.41. The van der Waals surface area contributed by atoms with Crippen molar-refractivity contribution in [2.75, 3.05) is 0 Å². The van der Waals surface area contributed by atoms with Gasteiger partial charge in [0.05, 0.1) is 12.1 Å². The summed E-state index contributed by atoms with van der Waals surface area (Å²) in [6, 6.07) is 9.84. The van der Waals surface area contributed by atoms with E-state index in [9.17, 15) is 4.79 Å². The van der Waals surface area contributed by atoms with Crippen molar-refractivity contribution in [3.63, 3.8) is 0 Å². The normalized spacial score (nSPS) is 14.1. The van der Waals surface area contributed by atoms with Crippen LogP contribution in [0.2, 0.25) is 0 Å². The van der Waals surface area contributed by atoms with Crippen molar-refractivity contribution < 1.29 is 4.79 Å². The molecule has 0 radical (unpaired) electrons. The summed E-state index contributed by atoms with van der Waals surface area (Å²) in [5.74, 6) is 0.405. The maximum atomic E-state index is 12.2. The van der Waals surface area contributed by atoms with Crippen LogP contribution in [-0.2, 0) is 4.79 Å². The molecule has 0 aromatic heterocycles. The molecule has 20 heavy (non-hydrogen) atoms. The van der Waals surface area contributed by atoms with Gasteiger partial charge < -0.3 is 11.1 Å². The molecule has 1 unspecified atom stereocenters. The van der Waals surface area contributed by atoms with E-state index in [0.717, 1.165) is 25.7 Å². The largest absolute Gasteiger partial charge is 0.348 e. The third kappa shape index (κ3) is 4.64. The van der Waals surface area contributed by atoms with Crippen molar-refractivity contribution >= 4 is 5.91 Å². The SMILES string of the molecule is CCC[C@@H](N)C(=O)NC(c1ccccc1)C(CC)CC. The number of hydrogen-bond donors (Lipinski definition) is 2. The first-order valence-corrected chi connectivity index (χ1v) is 7.74. The molecular formula is C17H28N2O. The molecule has 0 fully saturated rings. The van der Waals surface area contributed by atoms with Gasteiger partial charge >= 0.3 is 0 Å². The molecule has 1 rings (SSSR count). The van der Waals surface area contributed by atoms with Crippen LogP contribution in [0.1, 0.15) is 58.1 Å². The van der Waals surface area contributed by atoms with Crippen LogP contribution >= 0.6 is 0 Å². The van der Waals surface area contributed by atoms with Gasteiger partial charge in [0.2, 0.25) is 5.91 Å². The fraction of sp³-hybridized carbons (Fsp3) is 0.588. The molecule has 112 valence electrons. The Labute approximate surface area is 122 Å². The van der Waals surface area contributed by atoms with Crippen LogP contribution in [0.3, 0.4) is 0 Å². The van der Waals surface area contributed by atoms with Crippen molar-refractivity contribution in [1.29, 1.82) is 0 Å². The van der Waals surface area contributed by atoms with Gasteiger partial charge in [-0.3, -0.25) is 4.79 Å². The first-order valence-electron chi connectivity index (χ1n) is 7.74. The smallest absolute Gasteiger partial charge is 0.237 e. The number of hydrogen-bond acceptors (Lipinski definition) is 2. The third-order valence-electron chi connectivity index (χ3n) is 3.91. The second-order valence-corrected chi connectivity index (χ2v) is 5.37. The summed E-state index contributed by atoms with van der Waals surface area (Å²) >= 11 is 0. The topological polar surface area (TPSA) is 55.1 Å². The summed E-state index contributed by atoms with van der Waals surface area (Å²) in [6.45, 7) is 6.38. The molecule has 0 aliphatic heterocycles. The highest BCUT2D eigenvalue weighted by molar-refractivity contribution is 5.81. The Morgan fingerprint density at radius 1 is 1.15 bits per heavy atom. The minimum Gasteiger partial charge on any atom is -0.348 e. The van der Waals surface area contributed by atoms with Crippen LogP contribution in [0, 0.1) is 5.92 Å². The molecule has 1 aromatic rings. The maximum Gasteiger partial charge on any atom is 0.237 e. The molecule has 0 aliphatic carbocycles. The first kappa shape index (κ1) is 16.7. The van der Waals surface area contributed by atoms with Crippen LogP contribution in [0.4, 0.5) is 0 Å². The van der Waals surface area contributed by atoms with Crippen LogP contribution in [0.25, 0.3) is 0 Å². The fourth-order valence-corrected chi connectivity index (χ4v) is 2.60. The number of amides is 1. The van der Waals surface area contributed by atoms with E-state index in [1.807, 2.05) is 25.1 Å². The number of carbonyl (C=O) groups excluding carboxylic acids is 1. The zero-order valence-electron chi connectivity index (χ0n) is 12.9. The van der Waals surface area contributed by atoms with Crippen LogP contribution in [-0.4, -0.2) is 11.9 Å². The van der Waals surface area contributed by atoms with Gasteiger partial charge in [0, 0.05) is 0 Å². The summed E-state index contributed by atoms with van der Waals surface area (Å²) in [5, 5.41) is 3.16. The van der Waals surface area contributed by atoms with Crippen molar-refractivity contribution in [3.05, 3.63) is 35.9 Å². The Bertz CT molecular complexity index is 387. The molecule has 1 amide bonds. The van der Waals surface area contributed by atoms with E-state index < -0.39 is 6.04 Å². The molecule has 3 N–H and O–H groups in total. The Balaban J connectivity index is 2.86. The van der Waals surface area contributed by atoms with Gasteiger partial charge in [0.25, 0.3) is 0 Å². The standard InChI is InChI=1S/C17H28N2O/c1-4-10-15(18)17(20)19-16(13(5-2)6-3)14-11-8-7-9-12-14/h7-9,11-13,15-16H,4-6,10,18H2,1-3H3,(H,19,20)/t15-,16?/m1/s1. The number of carbonyl (C=O) groups is 1. The lowest BCUT2D eigenvalue weighted by Crippen LogP contribution is -2.43. The number of nitrogens with two attached hydrogens (primary N) is 1. The zero-order chi connectivity index (χ0) is 15.0. The summed E-state index contributed by atoms with van der Waals surface area (Å²) in [6.07, 6.45) is 3.74. The summed E-state index contributed by atoms with van der Waals surface area (Å²) in [5.41, 5.74) is 7.09. The zero-order valence-corrected chi connectivity index (χ0v) is 12.9. The maximum absolute atomic E-state index is 12.2. The van der Waals surface area contributed by atoms with Gasteiger partial charge in [-0.15, -0.1) is 0 Å². The van der Waals surface area contributed by atoms with Gasteiger partial charge in [-0.2, -0.15) is 0 Å². The average molecular weight is 276 g/mol. The lowest BCUT2D eigenvalue weighted by atomic mass is 9.88. The number of rotatable bonds is 8. The van der Waals surface area contributed by atoms with Gasteiger partial charge in [0.15, 0.2) is 0 Å². The van der Waals surface area contributed by atoms with Crippen molar-refractivity contribution in [3.8, 4) is 0 Å². The highest BCUT2D eigenvalue weighted by Gasteiger charge is 2.24. The molecule has 0 spiro atoms. The fourth-order valence-electron chi connectivity index (χ4n) is 2.60. The molecule has 0 heterocycles. The van der Waals surface area contributed by atoms with Crippen LogP contribution in [0.5, 0.6) is 0 Å². The molecule has 0 bridgehead atoms. The Morgan fingerprint density at radius 2 is 1.75 bits per heavy atom. The van der Waals surface area contributed by atoms with E-state index in [0.29, 0.717) is 5.92 Å². The van der Waals surface area contributed by atoms with E-state index in [1.165, 1.54) is 5.56 Å². The monoisotopic (exact) mass is 276 g/mol. The van der Waals surface area contributed by atoms with Crippen molar-refractivity contribution in [2.45, 2.75) is 58.5 Å². The predicted molar refractivity (Wildman–Crippen MR) is 84.3 cm³/mol. The van der Waals surface area contributed by atoms with E-state index >= 15 is 0 Å². The molecule has 1 aromatic carbocycles. The van der Waals surface area contributed by atoms with E-state index in [4.69, 9.17) is 5.73 Å². The van der Waals surface area contributed by atoms with Gasteiger partial charge in [-0.05, 0) is 17.9 Å². The Hall–Kier alpha value is -1.35. The summed E-state index contributed by atoms with van der Waals surface area (Å²) < 4.78 is 0. The van der Waals surface area contributed by atoms with Crippen LogP contribution < -0.4 is 11.1 Å². The van der Waals surface area contributed by atoms with Gasteiger partial charge in [0.1, 0.15) is 0 Å². The molecule has 0 saturated carbocycles.